The standard InChI is InChI=1S/C23H24F2OSi2/c1-27(2,3)26-23(22(24)25)28(19-13-7-4-8-14-19,20-15-9-5-10-16-20)21-17-11-6-12-18-21/h4-18H,1-3H3. The second kappa shape index (κ2) is 8.24. The van der Waals surface area contributed by atoms with E-state index in [9.17, 15) is 8.78 Å². The number of hydrogen-bond donors (Lipinski definition) is 0. The van der Waals surface area contributed by atoms with Gasteiger partial charge in [-0.3, -0.25) is 0 Å². The molecular formula is C23H24F2OSi2. The van der Waals surface area contributed by atoms with E-state index in [1.165, 1.54) is 0 Å². The van der Waals surface area contributed by atoms with Crippen molar-refractivity contribution in [2.24, 2.45) is 0 Å². The Bertz CT molecular complexity index is 836. The smallest absolute Gasteiger partial charge is 0.302 e. The molecule has 0 radical (unpaired) electrons. The molecule has 28 heavy (non-hydrogen) atoms. The van der Waals surface area contributed by atoms with E-state index in [1.807, 2.05) is 111 Å². The molecule has 3 aromatic carbocycles. The predicted octanol–water partition coefficient (Wildman–Crippen LogP) is 4.66. The first kappa shape index (κ1) is 20.2. The summed E-state index contributed by atoms with van der Waals surface area (Å²) in [5.74, 6) is 0. The van der Waals surface area contributed by atoms with Gasteiger partial charge in [0.15, 0.2) is 0 Å². The van der Waals surface area contributed by atoms with E-state index in [-0.39, 0.29) is 5.38 Å². The summed E-state index contributed by atoms with van der Waals surface area (Å²) >= 11 is 0. The second-order valence-electron chi connectivity index (χ2n) is 7.65. The Kier molecular flexibility index (Phi) is 5.96. The van der Waals surface area contributed by atoms with Crippen LogP contribution in [0.5, 0.6) is 0 Å². The molecule has 0 heterocycles. The summed E-state index contributed by atoms with van der Waals surface area (Å²) in [6.07, 6.45) is -1.73. The topological polar surface area (TPSA) is 9.23 Å². The van der Waals surface area contributed by atoms with Crippen molar-refractivity contribution >= 4 is 32.0 Å². The van der Waals surface area contributed by atoms with Gasteiger partial charge in [-0.25, -0.2) is 0 Å². The van der Waals surface area contributed by atoms with Crippen molar-refractivity contribution in [1.82, 2.24) is 0 Å². The van der Waals surface area contributed by atoms with Crippen LogP contribution in [0.4, 0.5) is 8.78 Å². The van der Waals surface area contributed by atoms with Crippen molar-refractivity contribution in [2.45, 2.75) is 19.6 Å². The normalized spacial score (nSPS) is 11.8. The Morgan fingerprint density at radius 3 is 1.18 bits per heavy atom. The summed E-state index contributed by atoms with van der Waals surface area (Å²) in [4.78, 5) is 0. The highest BCUT2D eigenvalue weighted by Crippen LogP contribution is 2.26. The van der Waals surface area contributed by atoms with Crippen LogP contribution in [0.1, 0.15) is 0 Å². The Hall–Kier alpha value is -2.51. The van der Waals surface area contributed by atoms with Gasteiger partial charge in [0.05, 0.1) is 0 Å². The van der Waals surface area contributed by atoms with Crippen LogP contribution in [0.2, 0.25) is 19.6 Å². The van der Waals surface area contributed by atoms with Gasteiger partial charge in [-0.05, 0) is 35.2 Å². The second-order valence-corrected chi connectivity index (χ2v) is 15.8. The molecular weight excluding hydrogens is 386 g/mol. The number of rotatable bonds is 6. The van der Waals surface area contributed by atoms with Crippen LogP contribution in [-0.2, 0) is 4.43 Å². The summed E-state index contributed by atoms with van der Waals surface area (Å²) in [6.45, 7) is 5.82. The van der Waals surface area contributed by atoms with Gasteiger partial charge in [0.25, 0.3) is 0 Å². The zero-order chi connectivity index (χ0) is 20.2. The molecule has 0 aliphatic carbocycles. The highest BCUT2D eigenvalue weighted by Gasteiger charge is 2.48. The summed E-state index contributed by atoms with van der Waals surface area (Å²) in [5.41, 5.74) is 0. The van der Waals surface area contributed by atoms with Gasteiger partial charge in [0, 0.05) is 0 Å². The van der Waals surface area contributed by atoms with E-state index in [4.69, 9.17) is 4.43 Å². The van der Waals surface area contributed by atoms with Crippen LogP contribution in [0.3, 0.4) is 0 Å². The van der Waals surface area contributed by atoms with Crippen molar-refractivity contribution < 1.29 is 13.2 Å². The average Bonchev–Trinajstić information content (AvgIpc) is 2.69. The summed E-state index contributed by atoms with van der Waals surface area (Å²) in [6, 6.07) is 28.9. The third-order valence-electron chi connectivity index (χ3n) is 4.54. The first-order valence-corrected chi connectivity index (χ1v) is 14.7. The fourth-order valence-electron chi connectivity index (χ4n) is 3.52. The average molecular weight is 411 g/mol. The lowest BCUT2D eigenvalue weighted by molar-refractivity contribution is 0.347. The van der Waals surface area contributed by atoms with E-state index in [2.05, 4.69) is 0 Å². The maximum Gasteiger partial charge on any atom is 0.302 e. The van der Waals surface area contributed by atoms with E-state index in [0.717, 1.165) is 15.6 Å². The van der Waals surface area contributed by atoms with Gasteiger partial charge in [0.2, 0.25) is 16.4 Å². The molecule has 0 atom stereocenters. The minimum absolute atomic E-state index is 0.143. The monoisotopic (exact) mass is 410 g/mol. The molecule has 0 unspecified atom stereocenters. The largest absolute Gasteiger partial charge is 0.546 e. The van der Waals surface area contributed by atoms with Gasteiger partial charge < -0.3 is 4.43 Å². The van der Waals surface area contributed by atoms with E-state index < -0.39 is 22.5 Å². The van der Waals surface area contributed by atoms with Gasteiger partial charge in [-0.2, -0.15) is 8.78 Å². The van der Waals surface area contributed by atoms with Crippen LogP contribution >= 0.6 is 0 Å². The number of halogens is 2. The minimum atomic E-state index is -3.28. The molecule has 144 valence electrons. The van der Waals surface area contributed by atoms with Crippen molar-refractivity contribution in [3.63, 3.8) is 0 Å². The lowest BCUT2D eigenvalue weighted by Crippen LogP contribution is -2.69. The Morgan fingerprint density at radius 1 is 0.607 bits per heavy atom. The third kappa shape index (κ3) is 4.00. The fourth-order valence-corrected chi connectivity index (χ4v) is 9.89. The first-order valence-electron chi connectivity index (χ1n) is 9.27. The summed E-state index contributed by atoms with van der Waals surface area (Å²) in [5, 5.41) is 2.51. The van der Waals surface area contributed by atoms with Gasteiger partial charge in [-0.1, -0.05) is 91.0 Å². The highest BCUT2D eigenvalue weighted by atomic mass is 28.4. The van der Waals surface area contributed by atoms with Crippen molar-refractivity contribution in [1.29, 1.82) is 0 Å². The zero-order valence-corrected chi connectivity index (χ0v) is 18.3. The van der Waals surface area contributed by atoms with E-state index in [1.54, 1.807) is 0 Å². The molecule has 0 spiro atoms. The van der Waals surface area contributed by atoms with E-state index in [0.29, 0.717) is 0 Å². The molecule has 1 nitrogen and oxygen atoms in total. The van der Waals surface area contributed by atoms with Crippen LogP contribution in [-0.4, -0.2) is 16.4 Å². The first-order chi connectivity index (χ1) is 13.4. The molecule has 0 N–H and O–H groups in total. The SMILES string of the molecule is C[Si](C)(C)OC(=C(F)F)[Si](c1ccccc1)(c1ccccc1)c1ccccc1. The lowest BCUT2D eigenvalue weighted by atomic mass is 10.3. The molecule has 3 rings (SSSR count). The molecule has 0 aromatic heterocycles. The Labute approximate surface area is 167 Å². The molecule has 0 fully saturated rings. The summed E-state index contributed by atoms with van der Waals surface area (Å²) < 4.78 is 35.3. The molecule has 0 bridgehead atoms. The van der Waals surface area contributed by atoms with Crippen molar-refractivity contribution in [3.05, 3.63) is 102 Å². The van der Waals surface area contributed by atoms with Crippen molar-refractivity contribution in [3.8, 4) is 0 Å². The molecule has 0 aliphatic rings. The molecule has 0 saturated carbocycles. The molecule has 0 saturated heterocycles. The van der Waals surface area contributed by atoms with Crippen LogP contribution in [0, 0.1) is 0 Å². The third-order valence-corrected chi connectivity index (χ3v) is 10.1. The molecule has 0 amide bonds. The zero-order valence-electron chi connectivity index (χ0n) is 16.3. The van der Waals surface area contributed by atoms with Gasteiger partial charge in [-0.15, -0.1) is 0 Å². The van der Waals surface area contributed by atoms with Crippen LogP contribution < -0.4 is 15.6 Å². The Balaban J connectivity index is 2.46. The minimum Gasteiger partial charge on any atom is -0.546 e. The number of benzene rings is 3. The molecule has 0 aliphatic heterocycles. The van der Waals surface area contributed by atoms with Crippen LogP contribution in [0.25, 0.3) is 0 Å². The number of hydrogen-bond acceptors (Lipinski definition) is 1. The van der Waals surface area contributed by atoms with Gasteiger partial charge >= 0.3 is 6.08 Å². The van der Waals surface area contributed by atoms with E-state index >= 15 is 0 Å². The van der Waals surface area contributed by atoms with Gasteiger partial charge in [0.1, 0.15) is 5.38 Å². The maximum absolute atomic E-state index is 14.6. The lowest BCUT2D eigenvalue weighted by Gasteiger charge is -2.37. The highest BCUT2D eigenvalue weighted by molar-refractivity contribution is 7.16. The maximum atomic E-state index is 14.6. The Morgan fingerprint density at radius 2 is 0.929 bits per heavy atom. The van der Waals surface area contributed by atoms with Crippen LogP contribution in [0.15, 0.2) is 102 Å². The molecule has 3 aromatic rings. The quantitative estimate of drug-likeness (QED) is 0.326. The summed E-state index contributed by atoms with van der Waals surface area (Å²) in [7, 11) is -5.58. The predicted molar refractivity (Wildman–Crippen MR) is 118 cm³/mol. The van der Waals surface area contributed by atoms with Crippen molar-refractivity contribution in [2.75, 3.05) is 0 Å². The molecule has 5 heteroatoms. The fraction of sp³-hybridized carbons (Fsp3) is 0.130.